The van der Waals surface area contributed by atoms with E-state index in [1.807, 2.05) is 4.90 Å². The van der Waals surface area contributed by atoms with E-state index in [9.17, 15) is 15.2 Å². The number of nitrogens with zero attached hydrogens (tertiary/aromatic N) is 3. The molecule has 6 nitrogen and oxygen atoms in total. The number of aliphatic hydroxyl groups is 1. The first-order chi connectivity index (χ1) is 8.08. The summed E-state index contributed by atoms with van der Waals surface area (Å²) in [5.41, 5.74) is 1.43. The van der Waals surface area contributed by atoms with Crippen molar-refractivity contribution in [3.05, 3.63) is 28.3 Å². The number of aliphatic imine (C=N–C) groups is 1. The van der Waals surface area contributed by atoms with Crippen LogP contribution >= 0.6 is 0 Å². The molecule has 0 fully saturated rings. The van der Waals surface area contributed by atoms with Crippen molar-refractivity contribution in [2.24, 2.45) is 4.99 Å². The van der Waals surface area contributed by atoms with Gasteiger partial charge in [0.2, 0.25) is 0 Å². The first kappa shape index (κ1) is 11.5. The fourth-order valence-electron chi connectivity index (χ4n) is 1.82. The quantitative estimate of drug-likeness (QED) is 0.636. The highest BCUT2D eigenvalue weighted by Gasteiger charge is 2.19. The number of non-ortho nitro benzene ring substituents is 1. The minimum Gasteiger partial charge on any atom is -0.392 e. The summed E-state index contributed by atoms with van der Waals surface area (Å²) >= 11 is 0. The molecule has 2 rings (SSSR count). The van der Waals surface area contributed by atoms with E-state index in [-0.39, 0.29) is 5.69 Å². The van der Waals surface area contributed by atoms with Crippen molar-refractivity contribution in [1.29, 1.82) is 0 Å². The number of aliphatic hydroxyl groups excluding tert-OH is 1. The number of nitro benzene ring substituents is 1. The lowest BCUT2D eigenvalue weighted by atomic mass is 10.2. The van der Waals surface area contributed by atoms with Crippen LogP contribution in [0.1, 0.15) is 6.92 Å². The van der Waals surface area contributed by atoms with E-state index >= 15 is 0 Å². The highest BCUT2D eigenvalue weighted by Crippen LogP contribution is 2.34. The molecule has 1 atom stereocenters. The highest BCUT2D eigenvalue weighted by molar-refractivity contribution is 5.82. The topological polar surface area (TPSA) is 79.0 Å². The summed E-state index contributed by atoms with van der Waals surface area (Å²) in [6.45, 7) is 2.67. The Kier molecular flexibility index (Phi) is 3.06. The highest BCUT2D eigenvalue weighted by atomic mass is 16.6. The number of nitro groups is 1. The van der Waals surface area contributed by atoms with E-state index in [0.717, 1.165) is 0 Å². The molecule has 17 heavy (non-hydrogen) atoms. The van der Waals surface area contributed by atoms with Gasteiger partial charge in [0.05, 0.1) is 28.9 Å². The SMILES string of the molecule is CC(O)CN1CC=Nc2ccc([N+](=O)[O-])cc21. The summed E-state index contributed by atoms with van der Waals surface area (Å²) in [5, 5.41) is 20.1. The molecule has 90 valence electrons. The van der Waals surface area contributed by atoms with Gasteiger partial charge in [-0.25, -0.2) is 0 Å². The van der Waals surface area contributed by atoms with Gasteiger partial charge in [0.15, 0.2) is 0 Å². The molecule has 1 aliphatic heterocycles. The Balaban J connectivity index is 2.37. The predicted octanol–water partition coefficient (Wildman–Crippen LogP) is 1.50. The zero-order chi connectivity index (χ0) is 12.4. The maximum atomic E-state index is 10.7. The number of hydrogen-bond acceptors (Lipinski definition) is 5. The van der Waals surface area contributed by atoms with Crippen molar-refractivity contribution in [3.63, 3.8) is 0 Å². The standard InChI is InChI=1S/C11H13N3O3/c1-8(15)7-13-5-4-12-10-3-2-9(14(16)17)6-11(10)13/h2-4,6,8,15H,5,7H2,1H3. The largest absolute Gasteiger partial charge is 0.392 e. The fraction of sp³-hybridized carbons (Fsp3) is 0.364. The molecule has 0 spiro atoms. The summed E-state index contributed by atoms with van der Waals surface area (Å²) < 4.78 is 0. The molecule has 1 aromatic rings. The Hall–Kier alpha value is -1.95. The second-order valence-electron chi connectivity index (χ2n) is 4.00. The Bertz CT molecular complexity index is 471. The van der Waals surface area contributed by atoms with Gasteiger partial charge >= 0.3 is 0 Å². The monoisotopic (exact) mass is 235 g/mol. The van der Waals surface area contributed by atoms with E-state index < -0.39 is 11.0 Å². The summed E-state index contributed by atoms with van der Waals surface area (Å²) in [6.07, 6.45) is 1.24. The molecule has 1 heterocycles. The van der Waals surface area contributed by atoms with Crippen LogP contribution in [0.3, 0.4) is 0 Å². The molecule has 0 amide bonds. The molecule has 0 aromatic heterocycles. The van der Waals surface area contributed by atoms with Crippen LogP contribution in [0.4, 0.5) is 17.1 Å². The molecule has 1 aromatic carbocycles. The van der Waals surface area contributed by atoms with Crippen LogP contribution in [0.25, 0.3) is 0 Å². The third-order valence-corrected chi connectivity index (χ3v) is 2.53. The van der Waals surface area contributed by atoms with E-state index in [0.29, 0.717) is 24.5 Å². The van der Waals surface area contributed by atoms with E-state index in [1.54, 1.807) is 19.2 Å². The van der Waals surface area contributed by atoms with Crippen LogP contribution in [0, 0.1) is 10.1 Å². The van der Waals surface area contributed by atoms with E-state index in [1.165, 1.54) is 12.1 Å². The lowest BCUT2D eigenvalue weighted by molar-refractivity contribution is -0.384. The van der Waals surface area contributed by atoms with Gasteiger partial charge < -0.3 is 10.0 Å². The van der Waals surface area contributed by atoms with E-state index in [2.05, 4.69) is 4.99 Å². The minimum absolute atomic E-state index is 0.0384. The van der Waals surface area contributed by atoms with Crippen LogP contribution in [0.2, 0.25) is 0 Å². The van der Waals surface area contributed by atoms with Crippen molar-refractivity contribution >= 4 is 23.3 Å². The smallest absolute Gasteiger partial charge is 0.271 e. The normalized spacial score (nSPS) is 15.5. The number of fused-ring (bicyclic) bond motifs is 1. The second kappa shape index (κ2) is 4.50. The number of β-amino-alcohol motifs (C(OH)–C–C–N with tert-alkyl or cyclic N) is 1. The minimum atomic E-state index is -0.492. The third kappa shape index (κ3) is 2.42. The molecule has 6 heteroatoms. The molecule has 1 N–H and O–H groups in total. The van der Waals surface area contributed by atoms with Crippen molar-refractivity contribution in [3.8, 4) is 0 Å². The second-order valence-corrected chi connectivity index (χ2v) is 4.00. The van der Waals surface area contributed by atoms with Gasteiger partial charge in [-0.3, -0.25) is 15.1 Å². The summed E-state index contributed by atoms with van der Waals surface area (Å²) in [7, 11) is 0. The lowest BCUT2D eigenvalue weighted by Gasteiger charge is -2.28. The number of hydrogen-bond donors (Lipinski definition) is 1. The van der Waals surface area contributed by atoms with Gasteiger partial charge in [0.1, 0.15) is 0 Å². The Morgan fingerprint density at radius 3 is 3.06 bits per heavy atom. The van der Waals surface area contributed by atoms with Crippen molar-refractivity contribution in [2.45, 2.75) is 13.0 Å². The number of rotatable bonds is 3. The maximum Gasteiger partial charge on any atom is 0.271 e. The van der Waals surface area contributed by atoms with Crippen LogP contribution in [0.15, 0.2) is 23.2 Å². The molecular formula is C11H13N3O3. The molecular weight excluding hydrogens is 222 g/mol. The first-order valence-corrected chi connectivity index (χ1v) is 5.32. The average Bonchev–Trinajstić information content (AvgIpc) is 2.28. The number of benzene rings is 1. The van der Waals surface area contributed by atoms with Gasteiger partial charge in [0.25, 0.3) is 5.69 Å². The van der Waals surface area contributed by atoms with Crippen LogP contribution in [-0.4, -0.2) is 35.4 Å². The van der Waals surface area contributed by atoms with Gasteiger partial charge in [0, 0.05) is 24.9 Å². The van der Waals surface area contributed by atoms with Gasteiger partial charge in [-0.1, -0.05) is 0 Å². The van der Waals surface area contributed by atoms with Crippen molar-refractivity contribution in [2.75, 3.05) is 18.0 Å². The predicted molar refractivity (Wildman–Crippen MR) is 65.1 cm³/mol. The van der Waals surface area contributed by atoms with E-state index in [4.69, 9.17) is 0 Å². The maximum absolute atomic E-state index is 10.7. The zero-order valence-corrected chi connectivity index (χ0v) is 9.41. The Morgan fingerprint density at radius 1 is 1.65 bits per heavy atom. The van der Waals surface area contributed by atoms with Gasteiger partial charge in [-0.2, -0.15) is 0 Å². The number of anilines is 1. The van der Waals surface area contributed by atoms with Crippen LogP contribution < -0.4 is 4.90 Å². The molecule has 1 aliphatic rings. The third-order valence-electron chi connectivity index (χ3n) is 2.53. The Labute approximate surface area is 98.4 Å². The molecule has 0 saturated heterocycles. The molecule has 0 aliphatic carbocycles. The molecule has 1 unspecified atom stereocenters. The van der Waals surface area contributed by atoms with Gasteiger partial charge in [-0.15, -0.1) is 0 Å². The van der Waals surface area contributed by atoms with Crippen LogP contribution in [0.5, 0.6) is 0 Å². The molecule has 0 bridgehead atoms. The van der Waals surface area contributed by atoms with Gasteiger partial charge in [-0.05, 0) is 13.0 Å². The fourth-order valence-corrected chi connectivity index (χ4v) is 1.82. The summed E-state index contributed by atoms with van der Waals surface area (Å²) in [6, 6.07) is 4.55. The van der Waals surface area contributed by atoms with Crippen LogP contribution in [-0.2, 0) is 0 Å². The Morgan fingerprint density at radius 2 is 2.41 bits per heavy atom. The first-order valence-electron chi connectivity index (χ1n) is 5.32. The molecule has 0 radical (unpaired) electrons. The summed E-state index contributed by atoms with van der Waals surface area (Å²) in [4.78, 5) is 16.3. The lowest BCUT2D eigenvalue weighted by Crippen LogP contribution is -2.33. The van der Waals surface area contributed by atoms with Crippen molar-refractivity contribution in [1.82, 2.24) is 0 Å². The average molecular weight is 235 g/mol. The summed E-state index contributed by atoms with van der Waals surface area (Å²) in [5.74, 6) is 0. The molecule has 0 saturated carbocycles. The van der Waals surface area contributed by atoms with Crippen molar-refractivity contribution < 1.29 is 10.0 Å². The zero-order valence-electron chi connectivity index (χ0n) is 9.41.